The van der Waals surface area contributed by atoms with Gasteiger partial charge in [0.2, 0.25) is 5.91 Å². The standard InChI is InChI=1S/C21H23N5O2/c27-19-7-1-2-10-25(19)16-20(28)24-11-4-6-18(15-24)21-23-9-12-26(21)14-17-5-3-8-22-13-17/h1-3,5,7-10,12-13,18H,4,6,11,14-16H2. The molecule has 3 aromatic rings. The van der Waals surface area contributed by atoms with Crippen molar-refractivity contribution in [2.45, 2.75) is 31.8 Å². The molecule has 0 bridgehead atoms. The van der Waals surface area contributed by atoms with Crippen LogP contribution in [0.25, 0.3) is 0 Å². The number of rotatable bonds is 5. The largest absolute Gasteiger partial charge is 0.340 e. The second-order valence-corrected chi connectivity index (χ2v) is 7.12. The van der Waals surface area contributed by atoms with E-state index in [-0.39, 0.29) is 23.9 Å². The summed E-state index contributed by atoms with van der Waals surface area (Å²) in [7, 11) is 0. The summed E-state index contributed by atoms with van der Waals surface area (Å²) >= 11 is 0. The minimum Gasteiger partial charge on any atom is -0.340 e. The number of imidazole rings is 1. The highest BCUT2D eigenvalue weighted by atomic mass is 16.2. The maximum Gasteiger partial charge on any atom is 0.250 e. The number of amides is 1. The van der Waals surface area contributed by atoms with Crippen LogP contribution >= 0.6 is 0 Å². The molecule has 1 amide bonds. The van der Waals surface area contributed by atoms with E-state index in [4.69, 9.17) is 0 Å². The average molecular weight is 377 g/mol. The SMILES string of the molecule is O=C(Cn1ccccc1=O)N1CCCC(c2nccn2Cc2cccnc2)C1. The van der Waals surface area contributed by atoms with Crippen molar-refractivity contribution in [3.8, 4) is 0 Å². The Hall–Kier alpha value is -3.22. The number of likely N-dealkylation sites (tertiary alicyclic amines) is 1. The lowest BCUT2D eigenvalue weighted by atomic mass is 9.97. The van der Waals surface area contributed by atoms with Gasteiger partial charge in [-0.1, -0.05) is 12.1 Å². The fourth-order valence-corrected chi connectivity index (χ4v) is 3.75. The Labute approximate surface area is 163 Å². The Morgan fingerprint density at radius 3 is 2.86 bits per heavy atom. The summed E-state index contributed by atoms with van der Waals surface area (Å²) in [6.45, 7) is 2.15. The van der Waals surface area contributed by atoms with E-state index in [9.17, 15) is 9.59 Å². The molecule has 144 valence electrons. The van der Waals surface area contributed by atoms with Crippen LogP contribution in [0, 0.1) is 0 Å². The first-order chi connectivity index (χ1) is 13.7. The van der Waals surface area contributed by atoms with Crippen molar-refractivity contribution in [1.82, 2.24) is 24.0 Å². The molecule has 4 rings (SSSR count). The lowest BCUT2D eigenvalue weighted by Gasteiger charge is -2.33. The smallest absolute Gasteiger partial charge is 0.250 e. The Morgan fingerprint density at radius 2 is 2.04 bits per heavy atom. The van der Waals surface area contributed by atoms with Crippen molar-refractivity contribution < 1.29 is 4.79 Å². The molecule has 28 heavy (non-hydrogen) atoms. The van der Waals surface area contributed by atoms with Crippen molar-refractivity contribution in [1.29, 1.82) is 0 Å². The number of hydrogen-bond donors (Lipinski definition) is 0. The molecule has 1 fully saturated rings. The zero-order valence-corrected chi connectivity index (χ0v) is 15.6. The monoisotopic (exact) mass is 377 g/mol. The molecular weight excluding hydrogens is 354 g/mol. The highest BCUT2D eigenvalue weighted by Crippen LogP contribution is 2.26. The van der Waals surface area contributed by atoms with E-state index < -0.39 is 0 Å². The number of pyridine rings is 2. The summed E-state index contributed by atoms with van der Waals surface area (Å²) < 4.78 is 3.59. The third kappa shape index (κ3) is 4.03. The second-order valence-electron chi connectivity index (χ2n) is 7.12. The first-order valence-electron chi connectivity index (χ1n) is 9.54. The molecule has 4 heterocycles. The van der Waals surface area contributed by atoms with Crippen molar-refractivity contribution in [3.05, 3.63) is 83.1 Å². The van der Waals surface area contributed by atoms with Crippen LogP contribution in [0.15, 0.2) is 66.1 Å². The van der Waals surface area contributed by atoms with Crippen molar-refractivity contribution in [2.75, 3.05) is 13.1 Å². The minimum atomic E-state index is -0.156. The predicted molar refractivity (Wildman–Crippen MR) is 105 cm³/mol. The molecule has 3 aromatic heterocycles. The van der Waals surface area contributed by atoms with E-state index in [1.807, 2.05) is 35.6 Å². The van der Waals surface area contributed by atoms with Crippen molar-refractivity contribution in [3.63, 3.8) is 0 Å². The Bertz CT molecular complexity index is 995. The van der Waals surface area contributed by atoms with Gasteiger partial charge in [-0.25, -0.2) is 4.98 Å². The van der Waals surface area contributed by atoms with Gasteiger partial charge in [0, 0.05) is 56.1 Å². The van der Waals surface area contributed by atoms with Crippen LogP contribution in [0.5, 0.6) is 0 Å². The topological polar surface area (TPSA) is 73.0 Å². The van der Waals surface area contributed by atoms with E-state index >= 15 is 0 Å². The van der Waals surface area contributed by atoms with E-state index in [1.165, 1.54) is 10.6 Å². The van der Waals surface area contributed by atoms with Gasteiger partial charge < -0.3 is 14.0 Å². The van der Waals surface area contributed by atoms with Gasteiger partial charge in [-0.05, 0) is 30.5 Å². The molecular formula is C21H23N5O2. The zero-order chi connectivity index (χ0) is 19.3. The number of carbonyl (C=O) groups is 1. The number of nitrogens with zero attached hydrogens (tertiary/aromatic N) is 5. The average Bonchev–Trinajstić information content (AvgIpc) is 3.19. The molecule has 7 nitrogen and oxygen atoms in total. The number of aromatic nitrogens is 4. The Morgan fingerprint density at radius 1 is 1.11 bits per heavy atom. The molecule has 0 spiro atoms. The first-order valence-corrected chi connectivity index (χ1v) is 9.54. The fourth-order valence-electron chi connectivity index (χ4n) is 3.75. The molecule has 0 radical (unpaired) electrons. The van der Waals surface area contributed by atoms with E-state index in [0.29, 0.717) is 13.1 Å². The zero-order valence-electron chi connectivity index (χ0n) is 15.6. The maximum absolute atomic E-state index is 12.7. The van der Waals surface area contributed by atoms with Gasteiger partial charge in [-0.15, -0.1) is 0 Å². The quantitative estimate of drug-likeness (QED) is 0.681. The minimum absolute atomic E-state index is 0.0247. The first kappa shape index (κ1) is 18.2. The number of hydrogen-bond acceptors (Lipinski definition) is 4. The van der Waals surface area contributed by atoms with Crippen LogP contribution in [-0.4, -0.2) is 43.0 Å². The second kappa shape index (κ2) is 8.21. The summed E-state index contributed by atoms with van der Waals surface area (Å²) in [5.41, 5.74) is 0.963. The van der Waals surface area contributed by atoms with Crippen LogP contribution in [0.4, 0.5) is 0 Å². The third-order valence-electron chi connectivity index (χ3n) is 5.17. The highest BCUT2D eigenvalue weighted by Gasteiger charge is 2.27. The van der Waals surface area contributed by atoms with Gasteiger partial charge in [-0.3, -0.25) is 14.6 Å². The highest BCUT2D eigenvalue weighted by molar-refractivity contribution is 5.76. The molecule has 7 heteroatoms. The molecule has 0 aromatic carbocycles. The molecule has 1 aliphatic heterocycles. The van der Waals surface area contributed by atoms with E-state index in [1.54, 1.807) is 24.5 Å². The molecule has 1 unspecified atom stereocenters. The molecule has 1 atom stereocenters. The van der Waals surface area contributed by atoms with Crippen molar-refractivity contribution >= 4 is 5.91 Å². The van der Waals surface area contributed by atoms with Gasteiger partial charge >= 0.3 is 0 Å². The molecule has 1 saturated heterocycles. The van der Waals surface area contributed by atoms with Crippen LogP contribution in [0.3, 0.4) is 0 Å². The maximum atomic E-state index is 12.7. The van der Waals surface area contributed by atoms with E-state index in [0.717, 1.165) is 30.8 Å². The summed E-state index contributed by atoms with van der Waals surface area (Å²) in [6, 6.07) is 8.90. The van der Waals surface area contributed by atoms with E-state index in [2.05, 4.69) is 14.5 Å². The predicted octanol–water partition coefficient (Wildman–Crippen LogP) is 1.89. The Balaban J connectivity index is 1.46. The van der Waals surface area contributed by atoms with Gasteiger partial charge in [-0.2, -0.15) is 0 Å². The van der Waals surface area contributed by atoms with Crippen LogP contribution in [0.1, 0.15) is 30.1 Å². The van der Waals surface area contributed by atoms with Gasteiger partial charge in [0.15, 0.2) is 0 Å². The van der Waals surface area contributed by atoms with Crippen LogP contribution in [0.2, 0.25) is 0 Å². The molecule has 1 aliphatic rings. The van der Waals surface area contributed by atoms with Crippen LogP contribution in [-0.2, 0) is 17.9 Å². The van der Waals surface area contributed by atoms with Crippen LogP contribution < -0.4 is 5.56 Å². The van der Waals surface area contributed by atoms with Gasteiger partial charge in [0.25, 0.3) is 5.56 Å². The molecule has 0 saturated carbocycles. The fraction of sp³-hybridized carbons (Fsp3) is 0.333. The third-order valence-corrected chi connectivity index (χ3v) is 5.17. The normalized spacial score (nSPS) is 16.9. The summed E-state index contributed by atoms with van der Waals surface area (Å²) in [5, 5.41) is 0. The van der Waals surface area contributed by atoms with Gasteiger partial charge in [0.1, 0.15) is 12.4 Å². The number of carbonyl (C=O) groups excluding carboxylic acids is 1. The summed E-state index contributed by atoms with van der Waals surface area (Å²) in [4.78, 5) is 35.2. The summed E-state index contributed by atoms with van der Waals surface area (Å²) in [6.07, 6.45) is 11.0. The number of piperidine rings is 1. The lowest BCUT2D eigenvalue weighted by Crippen LogP contribution is -2.42. The van der Waals surface area contributed by atoms with Crippen molar-refractivity contribution in [2.24, 2.45) is 0 Å². The molecule has 0 N–H and O–H groups in total. The van der Waals surface area contributed by atoms with Gasteiger partial charge in [0.05, 0.1) is 6.54 Å². The lowest BCUT2D eigenvalue weighted by molar-refractivity contribution is -0.133. The Kier molecular flexibility index (Phi) is 5.32. The summed E-state index contributed by atoms with van der Waals surface area (Å²) in [5.74, 6) is 1.17. The molecule has 0 aliphatic carbocycles.